The summed E-state index contributed by atoms with van der Waals surface area (Å²) in [6.45, 7) is 4.72. The third-order valence-electron chi connectivity index (χ3n) is 3.91. The predicted molar refractivity (Wildman–Crippen MR) is 66.8 cm³/mol. The van der Waals surface area contributed by atoms with Crippen LogP contribution in [-0.2, 0) is 9.53 Å². The summed E-state index contributed by atoms with van der Waals surface area (Å²) in [5.74, 6) is 0.677. The molecule has 3 unspecified atom stereocenters. The van der Waals surface area contributed by atoms with Crippen LogP contribution in [0.5, 0.6) is 0 Å². The van der Waals surface area contributed by atoms with Gasteiger partial charge in [-0.1, -0.05) is 6.92 Å². The Morgan fingerprint density at radius 2 is 2.24 bits per heavy atom. The molecular formula is C13H24N2O2. The summed E-state index contributed by atoms with van der Waals surface area (Å²) < 4.78 is 5.57. The number of amides is 1. The molecule has 2 rings (SSSR count). The van der Waals surface area contributed by atoms with E-state index >= 15 is 0 Å². The Morgan fingerprint density at radius 3 is 2.88 bits per heavy atom. The molecule has 2 saturated heterocycles. The molecule has 0 aromatic rings. The molecule has 3 atom stereocenters. The lowest BCUT2D eigenvalue weighted by Crippen LogP contribution is -2.52. The van der Waals surface area contributed by atoms with E-state index in [0.29, 0.717) is 5.92 Å². The first-order chi connectivity index (χ1) is 8.18. The zero-order valence-electron chi connectivity index (χ0n) is 10.9. The van der Waals surface area contributed by atoms with E-state index in [1.807, 2.05) is 11.9 Å². The summed E-state index contributed by atoms with van der Waals surface area (Å²) in [5, 5.41) is 3.34. The van der Waals surface area contributed by atoms with Crippen molar-refractivity contribution >= 4 is 5.91 Å². The van der Waals surface area contributed by atoms with E-state index in [2.05, 4.69) is 12.2 Å². The van der Waals surface area contributed by atoms with Crippen molar-refractivity contribution < 1.29 is 9.53 Å². The number of ether oxygens (including phenoxy) is 1. The van der Waals surface area contributed by atoms with Gasteiger partial charge < -0.3 is 15.0 Å². The molecule has 0 radical (unpaired) electrons. The number of rotatable bonds is 3. The highest BCUT2D eigenvalue weighted by atomic mass is 16.5. The smallest absolute Gasteiger partial charge is 0.239 e. The molecule has 2 fully saturated rings. The summed E-state index contributed by atoms with van der Waals surface area (Å²) in [6, 6.07) is 0.00940. The third kappa shape index (κ3) is 3.19. The molecule has 4 heteroatoms. The Kier molecular flexibility index (Phi) is 4.40. The molecule has 0 bridgehead atoms. The van der Waals surface area contributed by atoms with Crippen LogP contribution in [0.15, 0.2) is 0 Å². The first-order valence-corrected chi connectivity index (χ1v) is 6.78. The number of likely N-dealkylation sites (N-methyl/N-ethyl adjacent to an activating group) is 1. The molecule has 1 N–H and O–H groups in total. The van der Waals surface area contributed by atoms with Crippen molar-refractivity contribution in [2.24, 2.45) is 5.92 Å². The zero-order valence-corrected chi connectivity index (χ0v) is 10.9. The number of hydrogen-bond donors (Lipinski definition) is 1. The second-order valence-electron chi connectivity index (χ2n) is 5.41. The molecule has 0 spiro atoms. The van der Waals surface area contributed by atoms with Gasteiger partial charge in [0.25, 0.3) is 0 Å². The first-order valence-electron chi connectivity index (χ1n) is 6.78. The van der Waals surface area contributed by atoms with Crippen LogP contribution in [0.4, 0.5) is 0 Å². The van der Waals surface area contributed by atoms with Crippen LogP contribution in [0.25, 0.3) is 0 Å². The molecule has 1 amide bonds. The summed E-state index contributed by atoms with van der Waals surface area (Å²) in [7, 11) is 1.90. The van der Waals surface area contributed by atoms with Crippen LogP contribution in [0.2, 0.25) is 0 Å². The van der Waals surface area contributed by atoms with Gasteiger partial charge in [0.15, 0.2) is 0 Å². The highest BCUT2D eigenvalue weighted by Crippen LogP contribution is 2.18. The van der Waals surface area contributed by atoms with Gasteiger partial charge in [0.05, 0.1) is 12.1 Å². The average molecular weight is 240 g/mol. The second-order valence-corrected chi connectivity index (χ2v) is 5.41. The van der Waals surface area contributed by atoms with E-state index in [9.17, 15) is 4.79 Å². The maximum atomic E-state index is 12.3. The summed E-state index contributed by atoms with van der Waals surface area (Å²) >= 11 is 0. The van der Waals surface area contributed by atoms with Gasteiger partial charge in [-0.25, -0.2) is 0 Å². The molecule has 17 heavy (non-hydrogen) atoms. The minimum atomic E-state index is 0.00940. The van der Waals surface area contributed by atoms with Crippen molar-refractivity contribution in [3.8, 4) is 0 Å². The average Bonchev–Trinajstić information content (AvgIpc) is 2.81. The number of hydrogen-bond acceptors (Lipinski definition) is 3. The van der Waals surface area contributed by atoms with E-state index in [-0.39, 0.29) is 18.1 Å². The topological polar surface area (TPSA) is 41.6 Å². The van der Waals surface area contributed by atoms with Crippen LogP contribution in [0, 0.1) is 5.92 Å². The maximum absolute atomic E-state index is 12.3. The fourth-order valence-corrected chi connectivity index (χ4v) is 2.80. The molecule has 2 aliphatic rings. The molecule has 0 aliphatic carbocycles. The van der Waals surface area contributed by atoms with Gasteiger partial charge in [-0.2, -0.15) is 0 Å². The van der Waals surface area contributed by atoms with Gasteiger partial charge in [-0.3, -0.25) is 4.79 Å². The molecule has 0 saturated carbocycles. The lowest BCUT2D eigenvalue weighted by molar-refractivity contribution is -0.135. The third-order valence-corrected chi connectivity index (χ3v) is 3.91. The Hall–Kier alpha value is -0.610. The van der Waals surface area contributed by atoms with E-state index in [1.54, 1.807) is 0 Å². The number of nitrogens with one attached hydrogen (secondary N) is 1. The Balaban J connectivity index is 1.84. The molecule has 0 aromatic carbocycles. The highest BCUT2D eigenvalue weighted by Gasteiger charge is 2.30. The fourth-order valence-electron chi connectivity index (χ4n) is 2.80. The van der Waals surface area contributed by atoms with E-state index in [4.69, 9.17) is 4.74 Å². The predicted octanol–water partition coefficient (Wildman–Crippen LogP) is 1.01. The van der Waals surface area contributed by atoms with Gasteiger partial charge >= 0.3 is 0 Å². The van der Waals surface area contributed by atoms with Crippen molar-refractivity contribution in [1.29, 1.82) is 0 Å². The minimum Gasteiger partial charge on any atom is -0.376 e. The summed E-state index contributed by atoms with van der Waals surface area (Å²) in [6.07, 6.45) is 4.80. The first kappa shape index (κ1) is 12.8. The monoisotopic (exact) mass is 240 g/mol. The van der Waals surface area contributed by atoms with Crippen LogP contribution in [-0.4, -0.2) is 49.7 Å². The molecule has 2 heterocycles. The second kappa shape index (κ2) is 5.83. The standard InChI is InChI=1S/C13H24N2O2/c1-10-5-3-7-14-12(10)13(16)15(2)9-11-6-4-8-17-11/h10-12,14H,3-9H2,1-2H3. The Labute approximate surface area is 104 Å². The van der Waals surface area contributed by atoms with Crippen LogP contribution < -0.4 is 5.32 Å². The normalized spacial score (nSPS) is 33.6. The SMILES string of the molecule is CC1CCCNC1C(=O)N(C)CC1CCCO1. The van der Waals surface area contributed by atoms with Crippen molar-refractivity contribution in [2.45, 2.75) is 44.8 Å². The van der Waals surface area contributed by atoms with E-state index < -0.39 is 0 Å². The van der Waals surface area contributed by atoms with Crippen LogP contribution in [0.3, 0.4) is 0 Å². The fraction of sp³-hybridized carbons (Fsp3) is 0.923. The molecule has 98 valence electrons. The minimum absolute atomic E-state index is 0.00940. The van der Waals surface area contributed by atoms with E-state index in [0.717, 1.165) is 39.0 Å². The van der Waals surface area contributed by atoms with Crippen molar-refractivity contribution in [3.05, 3.63) is 0 Å². The van der Waals surface area contributed by atoms with Gasteiger partial charge in [-0.15, -0.1) is 0 Å². The molecule has 0 aromatic heterocycles. The maximum Gasteiger partial charge on any atom is 0.239 e. The summed E-state index contributed by atoms with van der Waals surface area (Å²) in [4.78, 5) is 14.1. The lowest BCUT2D eigenvalue weighted by atomic mass is 9.92. The highest BCUT2D eigenvalue weighted by molar-refractivity contribution is 5.82. The largest absolute Gasteiger partial charge is 0.376 e. The number of carbonyl (C=O) groups is 1. The van der Waals surface area contributed by atoms with Crippen molar-refractivity contribution in [2.75, 3.05) is 26.7 Å². The Morgan fingerprint density at radius 1 is 1.41 bits per heavy atom. The number of piperidine rings is 1. The van der Waals surface area contributed by atoms with Crippen molar-refractivity contribution in [3.63, 3.8) is 0 Å². The quantitative estimate of drug-likeness (QED) is 0.800. The molecule has 4 nitrogen and oxygen atoms in total. The van der Waals surface area contributed by atoms with Crippen LogP contribution >= 0.6 is 0 Å². The Bertz CT molecular complexity index is 264. The van der Waals surface area contributed by atoms with Gasteiger partial charge in [-0.05, 0) is 38.1 Å². The summed E-state index contributed by atoms with van der Waals surface area (Å²) in [5.41, 5.74) is 0. The zero-order chi connectivity index (χ0) is 12.3. The lowest BCUT2D eigenvalue weighted by Gasteiger charge is -2.33. The van der Waals surface area contributed by atoms with Crippen molar-refractivity contribution in [1.82, 2.24) is 10.2 Å². The van der Waals surface area contributed by atoms with Crippen LogP contribution in [0.1, 0.15) is 32.6 Å². The van der Waals surface area contributed by atoms with Gasteiger partial charge in [0.1, 0.15) is 0 Å². The van der Waals surface area contributed by atoms with Gasteiger partial charge in [0, 0.05) is 20.2 Å². The molecular weight excluding hydrogens is 216 g/mol. The molecule has 2 aliphatic heterocycles. The number of nitrogens with zero attached hydrogens (tertiary/aromatic N) is 1. The number of carbonyl (C=O) groups excluding carboxylic acids is 1. The van der Waals surface area contributed by atoms with Gasteiger partial charge in [0.2, 0.25) is 5.91 Å². The van der Waals surface area contributed by atoms with E-state index in [1.165, 1.54) is 6.42 Å².